The maximum Gasteiger partial charge on any atom is 0.165 e. The molecule has 0 aliphatic heterocycles. The van der Waals surface area contributed by atoms with Crippen molar-refractivity contribution in [1.82, 2.24) is 5.43 Å². The van der Waals surface area contributed by atoms with Gasteiger partial charge in [0.2, 0.25) is 0 Å². The van der Waals surface area contributed by atoms with Crippen molar-refractivity contribution in [3.8, 4) is 5.75 Å². The molecular weight excluding hydrogens is 323 g/mol. The second kappa shape index (κ2) is 6.35. The normalized spacial score (nSPS) is 12.2. The molecule has 1 atom stereocenters. The molecule has 0 amide bonds. The van der Waals surface area contributed by atoms with Gasteiger partial charge >= 0.3 is 0 Å². The smallest absolute Gasteiger partial charge is 0.165 e. The van der Waals surface area contributed by atoms with E-state index in [4.69, 9.17) is 10.6 Å². The third kappa shape index (κ3) is 3.00. The maximum atomic E-state index is 13.8. The molecule has 2 aromatic carbocycles. The largest absolute Gasteiger partial charge is 0.494 e. The number of ether oxygens (including phenoxy) is 1. The van der Waals surface area contributed by atoms with Crippen LogP contribution in [0.15, 0.2) is 40.9 Å². The third-order valence-corrected chi connectivity index (χ3v) is 3.86. The van der Waals surface area contributed by atoms with Crippen molar-refractivity contribution in [2.45, 2.75) is 13.0 Å². The quantitative estimate of drug-likeness (QED) is 0.663. The minimum atomic E-state index is -0.408. The second-order valence-corrected chi connectivity index (χ2v) is 5.37. The number of hydrazine groups is 1. The lowest BCUT2D eigenvalue weighted by Crippen LogP contribution is -2.29. The molecule has 0 aromatic heterocycles. The summed E-state index contributed by atoms with van der Waals surface area (Å²) in [7, 11) is 1.44. The van der Waals surface area contributed by atoms with Crippen molar-refractivity contribution in [3.05, 3.63) is 63.4 Å². The number of nitrogens with two attached hydrogens (primary N) is 1. The first-order valence-corrected chi connectivity index (χ1v) is 6.91. The molecule has 106 valence electrons. The molecule has 20 heavy (non-hydrogen) atoms. The Kier molecular flexibility index (Phi) is 4.75. The van der Waals surface area contributed by atoms with Crippen molar-refractivity contribution in [3.63, 3.8) is 0 Å². The molecule has 2 aromatic rings. The summed E-state index contributed by atoms with van der Waals surface area (Å²) < 4.78 is 19.7. The molecule has 0 aliphatic carbocycles. The van der Waals surface area contributed by atoms with Gasteiger partial charge < -0.3 is 4.74 Å². The first kappa shape index (κ1) is 15.0. The average Bonchev–Trinajstić information content (AvgIpc) is 2.44. The van der Waals surface area contributed by atoms with Crippen LogP contribution in [0.25, 0.3) is 0 Å². The van der Waals surface area contributed by atoms with Crippen LogP contribution in [0.2, 0.25) is 0 Å². The van der Waals surface area contributed by atoms with E-state index < -0.39 is 5.82 Å². The van der Waals surface area contributed by atoms with Crippen LogP contribution in [0.4, 0.5) is 4.39 Å². The highest BCUT2D eigenvalue weighted by atomic mass is 79.9. The second-order valence-electron chi connectivity index (χ2n) is 4.52. The zero-order valence-electron chi connectivity index (χ0n) is 11.3. The van der Waals surface area contributed by atoms with Gasteiger partial charge in [-0.25, -0.2) is 9.82 Å². The zero-order valence-corrected chi connectivity index (χ0v) is 12.9. The molecule has 0 fully saturated rings. The first-order chi connectivity index (χ1) is 9.56. The molecule has 3 nitrogen and oxygen atoms in total. The molecule has 5 heteroatoms. The average molecular weight is 339 g/mol. The number of methoxy groups -OCH3 is 1. The summed E-state index contributed by atoms with van der Waals surface area (Å²) in [6.45, 7) is 2.00. The fourth-order valence-electron chi connectivity index (χ4n) is 2.11. The minimum absolute atomic E-state index is 0.216. The summed E-state index contributed by atoms with van der Waals surface area (Å²) in [6.07, 6.45) is 0. The van der Waals surface area contributed by atoms with E-state index in [0.29, 0.717) is 0 Å². The molecule has 0 saturated heterocycles. The minimum Gasteiger partial charge on any atom is -0.494 e. The van der Waals surface area contributed by atoms with Gasteiger partial charge in [-0.1, -0.05) is 39.7 Å². The highest BCUT2D eigenvalue weighted by Crippen LogP contribution is 2.31. The van der Waals surface area contributed by atoms with E-state index in [-0.39, 0.29) is 11.8 Å². The van der Waals surface area contributed by atoms with Gasteiger partial charge in [-0.2, -0.15) is 0 Å². The van der Waals surface area contributed by atoms with Crippen molar-refractivity contribution >= 4 is 15.9 Å². The molecule has 0 aliphatic rings. The topological polar surface area (TPSA) is 47.3 Å². The molecule has 0 saturated carbocycles. The Labute approximate surface area is 126 Å². The molecular formula is C15H16BrFN2O. The molecule has 3 N–H and O–H groups in total. The first-order valence-electron chi connectivity index (χ1n) is 6.12. The van der Waals surface area contributed by atoms with E-state index in [0.717, 1.165) is 21.2 Å². The van der Waals surface area contributed by atoms with Crippen LogP contribution < -0.4 is 16.0 Å². The van der Waals surface area contributed by atoms with Crippen LogP contribution in [-0.4, -0.2) is 7.11 Å². The number of aryl methyl sites for hydroxylation is 1. The van der Waals surface area contributed by atoms with Crippen LogP contribution in [0.5, 0.6) is 5.75 Å². The van der Waals surface area contributed by atoms with E-state index in [1.807, 2.05) is 25.1 Å². The lowest BCUT2D eigenvalue weighted by Gasteiger charge is -2.19. The van der Waals surface area contributed by atoms with Crippen molar-refractivity contribution in [2.75, 3.05) is 7.11 Å². The zero-order chi connectivity index (χ0) is 14.7. The number of nitrogens with one attached hydrogen (secondary N) is 1. The fourth-order valence-corrected chi connectivity index (χ4v) is 2.59. The summed E-state index contributed by atoms with van der Waals surface area (Å²) in [4.78, 5) is 0. The van der Waals surface area contributed by atoms with Crippen LogP contribution in [0.1, 0.15) is 22.7 Å². The highest BCUT2D eigenvalue weighted by molar-refractivity contribution is 9.10. The summed E-state index contributed by atoms with van der Waals surface area (Å²) in [5.41, 5.74) is 5.53. The van der Waals surface area contributed by atoms with E-state index in [1.165, 1.54) is 13.2 Å². The standard InChI is InChI=1S/C15H16BrFN2O/c1-9-3-5-12(16)11(7-9)15(19-18)10-4-6-14(20-2)13(17)8-10/h3-8,15,19H,18H2,1-2H3. The predicted molar refractivity (Wildman–Crippen MR) is 81.0 cm³/mol. The van der Waals surface area contributed by atoms with Crippen LogP contribution >= 0.6 is 15.9 Å². The number of hydrogen-bond donors (Lipinski definition) is 2. The van der Waals surface area contributed by atoms with E-state index in [9.17, 15) is 4.39 Å². The Bertz CT molecular complexity index is 619. The number of rotatable bonds is 4. The molecule has 1 unspecified atom stereocenters. The fraction of sp³-hybridized carbons (Fsp3) is 0.200. The van der Waals surface area contributed by atoms with Gasteiger partial charge in [-0.3, -0.25) is 5.84 Å². The Hall–Kier alpha value is -1.43. The number of hydrogen-bond acceptors (Lipinski definition) is 3. The Morgan fingerprint density at radius 3 is 2.60 bits per heavy atom. The highest BCUT2D eigenvalue weighted by Gasteiger charge is 2.17. The Balaban J connectivity index is 2.46. The van der Waals surface area contributed by atoms with Gasteiger partial charge in [0.15, 0.2) is 11.6 Å². The SMILES string of the molecule is COc1ccc(C(NN)c2cc(C)ccc2Br)cc1F. The lowest BCUT2D eigenvalue weighted by atomic mass is 9.97. The molecule has 2 rings (SSSR count). The van der Waals surface area contributed by atoms with E-state index in [1.54, 1.807) is 12.1 Å². The summed E-state index contributed by atoms with van der Waals surface area (Å²) >= 11 is 3.50. The van der Waals surface area contributed by atoms with Crippen LogP contribution in [0, 0.1) is 12.7 Å². The summed E-state index contributed by atoms with van der Waals surface area (Å²) in [5, 5.41) is 0. The predicted octanol–water partition coefficient (Wildman–Crippen LogP) is 3.46. The van der Waals surface area contributed by atoms with Gasteiger partial charge in [-0.05, 0) is 36.2 Å². The Morgan fingerprint density at radius 1 is 1.25 bits per heavy atom. The number of benzene rings is 2. The van der Waals surface area contributed by atoms with E-state index in [2.05, 4.69) is 21.4 Å². The molecule has 0 heterocycles. The van der Waals surface area contributed by atoms with Gasteiger partial charge in [0, 0.05) is 4.47 Å². The maximum absolute atomic E-state index is 13.8. The van der Waals surface area contributed by atoms with Crippen molar-refractivity contribution in [1.29, 1.82) is 0 Å². The molecule has 0 spiro atoms. The summed E-state index contributed by atoms with van der Waals surface area (Å²) in [6, 6.07) is 10.5. The van der Waals surface area contributed by atoms with Gasteiger partial charge in [0.1, 0.15) is 0 Å². The summed E-state index contributed by atoms with van der Waals surface area (Å²) in [5.74, 6) is 5.46. The lowest BCUT2D eigenvalue weighted by molar-refractivity contribution is 0.385. The monoisotopic (exact) mass is 338 g/mol. The number of halogens is 2. The van der Waals surface area contributed by atoms with Crippen molar-refractivity contribution in [2.24, 2.45) is 5.84 Å². The van der Waals surface area contributed by atoms with Gasteiger partial charge in [0.25, 0.3) is 0 Å². The Morgan fingerprint density at radius 2 is 2.00 bits per heavy atom. The van der Waals surface area contributed by atoms with Crippen LogP contribution in [0.3, 0.4) is 0 Å². The molecule has 0 radical (unpaired) electrons. The van der Waals surface area contributed by atoms with Gasteiger partial charge in [-0.15, -0.1) is 0 Å². The van der Waals surface area contributed by atoms with Crippen LogP contribution in [-0.2, 0) is 0 Å². The van der Waals surface area contributed by atoms with E-state index >= 15 is 0 Å². The van der Waals surface area contributed by atoms with Crippen molar-refractivity contribution < 1.29 is 9.13 Å². The third-order valence-electron chi connectivity index (χ3n) is 3.14. The molecule has 0 bridgehead atoms. The van der Waals surface area contributed by atoms with Gasteiger partial charge in [0.05, 0.1) is 13.2 Å².